The number of hydrogen-bond acceptors (Lipinski definition) is 6. The predicted octanol–water partition coefficient (Wildman–Crippen LogP) is 5.02. The van der Waals surface area contributed by atoms with Crippen LogP contribution in [0.25, 0.3) is 27.8 Å². The van der Waals surface area contributed by atoms with Crippen LogP contribution >= 0.6 is 0 Å². The number of pyridine rings is 1. The predicted molar refractivity (Wildman–Crippen MR) is 123 cm³/mol. The monoisotopic (exact) mass is 429 g/mol. The molecule has 2 aromatic heterocycles. The van der Waals surface area contributed by atoms with Crippen molar-refractivity contribution >= 4 is 28.4 Å². The van der Waals surface area contributed by atoms with Gasteiger partial charge in [-0.05, 0) is 42.8 Å². The van der Waals surface area contributed by atoms with Gasteiger partial charge in [0.25, 0.3) is 5.91 Å². The van der Waals surface area contributed by atoms with Crippen molar-refractivity contribution in [2.24, 2.45) is 5.18 Å². The Hall–Kier alpha value is -3.87. The maximum Gasteiger partial charge on any atom is 0.254 e. The van der Waals surface area contributed by atoms with Gasteiger partial charge in [-0.3, -0.25) is 14.6 Å². The maximum atomic E-state index is 12.7. The number of amides is 1. The number of rotatable bonds is 7. The Kier molecular flexibility index (Phi) is 6.07. The molecule has 7 heteroatoms. The van der Waals surface area contributed by atoms with E-state index in [0.29, 0.717) is 41.9 Å². The largest absolute Gasteiger partial charge is 0.454 e. The highest BCUT2D eigenvalue weighted by Crippen LogP contribution is 2.33. The number of aromatic nitrogens is 1. The van der Waals surface area contributed by atoms with Crippen LogP contribution in [0, 0.1) is 4.91 Å². The third-order valence-corrected chi connectivity index (χ3v) is 5.52. The molecule has 0 N–H and O–H groups in total. The highest BCUT2D eigenvalue weighted by molar-refractivity contribution is 5.98. The molecule has 0 aliphatic carbocycles. The van der Waals surface area contributed by atoms with E-state index < -0.39 is 0 Å². The van der Waals surface area contributed by atoms with E-state index in [1.807, 2.05) is 50.3 Å². The number of nitroso groups, excluding NO2 is 1. The van der Waals surface area contributed by atoms with Crippen LogP contribution in [0.3, 0.4) is 0 Å². The van der Waals surface area contributed by atoms with Gasteiger partial charge in [0.15, 0.2) is 11.4 Å². The minimum Gasteiger partial charge on any atom is -0.454 e. The molecule has 0 unspecified atom stereocenters. The van der Waals surface area contributed by atoms with Gasteiger partial charge in [-0.2, -0.15) is 4.91 Å². The lowest BCUT2D eigenvalue weighted by Crippen LogP contribution is -2.52. The Labute approximate surface area is 185 Å². The number of allylic oxidation sites excluding steroid dienone is 4. The van der Waals surface area contributed by atoms with Gasteiger partial charge in [0.05, 0.1) is 0 Å². The van der Waals surface area contributed by atoms with Crippen molar-refractivity contribution in [2.45, 2.75) is 26.3 Å². The summed E-state index contributed by atoms with van der Waals surface area (Å²) >= 11 is 0. The molecule has 4 rings (SSSR count). The van der Waals surface area contributed by atoms with Crippen molar-refractivity contribution in [3.8, 4) is 11.1 Å². The van der Waals surface area contributed by atoms with Gasteiger partial charge in [0.1, 0.15) is 17.3 Å². The highest BCUT2D eigenvalue weighted by atomic mass is 16.3. The molecule has 1 aliphatic rings. The number of benzene rings is 1. The fourth-order valence-electron chi connectivity index (χ4n) is 3.62. The Morgan fingerprint density at radius 1 is 1.22 bits per heavy atom. The van der Waals surface area contributed by atoms with E-state index in [0.717, 1.165) is 16.7 Å². The molecule has 0 bridgehead atoms. The van der Waals surface area contributed by atoms with E-state index in [-0.39, 0.29) is 17.7 Å². The molecule has 1 amide bonds. The zero-order valence-electron chi connectivity index (χ0n) is 17.9. The lowest BCUT2D eigenvalue weighted by Gasteiger charge is -2.34. The number of furan rings is 1. The maximum absolute atomic E-state index is 12.7. The van der Waals surface area contributed by atoms with Crippen molar-refractivity contribution in [3.63, 3.8) is 0 Å². The summed E-state index contributed by atoms with van der Waals surface area (Å²) in [6.45, 7) is 4.41. The SMILES string of the molecule is C/C=C(\C=C/C(=O)CC)c1cc2nccc(-c3cccc(C(=O)N4CC(N=O)C4)c3)c2o1. The molecule has 0 saturated carbocycles. The van der Waals surface area contributed by atoms with E-state index in [2.05, 4.69) is 10.2 Å². The van der Waals surface area contributed by atoms with Gasteiger partial charge >= 0.3 is 0 Å². The number of nitrogens with zero attached hydrogens (tertiary/aromatic N) is 3. The fraction of sp³-hybridized carbons (Fsp3) is 0.240. The summed E-state index contributed by atoms with van der Waals surface area (Å²) in [6, 6.07) is 10.7. The molecular formula is C25H23N3O4. The second-order valence-electron chi connectivity index (χ2n) is 7.63. The Bertz CT molecular complexity index is 1250. The molecule has 7 nitrogen and oxygen atoms in total. The first-order chi connectivity index (χ1) is 15.5. The topological polar surface area (TPSA) is 92.8 Å². The number of carbonyl (C=O) groups excluding carboxylic acids is 2. The minimum absolute atomic E-state index is 0.0400. The first-order valence-corrected chi connectivity index (χ1v) is 10.5. The van der Waals surface area contributed by atoms with Crippen LogP contribution in [0.15, 0.2) is 70.4 Å². The van der Waals surface area contributed by atoms with Crippen LogP contribution < -0.4 is 0 Å². The number of ketones is 1. The quantitative estimate of drug-likeness (QED) is 0.299. The molecule has 3 heterocycles. The highest BCUT2D eigenvalue weighted by Gasteiger charge is 2.32. The van der Waals surface area contributed by atoms with Gasteiger partial charge < -0.3 is 9.32 Å². The normalized spacial score (nSPS) is 14.7. The van der Waals surface area contributed by atoms with Crippen LogP contribution in [0.4, 0.5) is 0 Å². The summed E-state index contributed by atoms with van der Waals surface area (Å²) in [5, 5.41) is 2.98. The zero-order valence-corrected chi connectivity index (χ0v) is 17.9. The second kappa shape index (κ2) is 9.09. The molecule has 1 saturated heterocycles. The Morgan fingerprint density at radius 2 is 2.03 bits per heavy atom. The summed E-state index contributed by atoms with van der Waals surface area (Å²) in [7, 11) is 0. The molecular weight excluding hydrogens is 406 g/mol. The van der Waals surface area contributed by atoms with E-state index in [4.69, 9.17) is 4.42 Å². The van der Waals surface area contributed by atoms with Crippen LogP contribution in [0.1, 0.15) is 36.4 Å². The molecule has 0 radical (unpaired) electrons. The molecule has 1 fully saturated rings. The zero-order chi connectivity index (χ0) is 22.7. The number of carbonyl (C=O) groups is 2. The fourth-order valence-corrected chi connectivity index (χ4v) is 3.62. The summed E-state index contributed by atoms with van der Waals surface area (Å²) in [4.78, 5) is 41.0. The summed E-state index contributed by atoms with van der Waals surface area (Å²) in [6.07, 6.45) is 7.32. The number of fused-ring (bicyclic) bond motifs is 1. The Balaban J connectivity index is 1.67. The standard InChI is InChI=1S/C25H23N3O4/c1-3-16(8-9-20(29)4-2)23-13-22-24(32-23)21(10-11-26-22)17-6-5-7-18(12-17)25(30)28-14-19(15-28)27-31/h3,5-13,19H,4,14-15H2,1-2H3/b9-8-,16-3+. The molecule has 1 aliphatic heterocycles. The average Bonchev–Trinajstić information content (AvgIpc) is 3.22. The second-order valence-corrected chi connectivity index (χ2v) is 7.63. The summed E-state index contributed by atoms with van der Waals surface area (Å²) in [5.41, 5.74) is 4.27. The molecule has 32 heavy (non-hydrogen) atoms. The van der Waals surface area contributed by atoms with E-state index in [1.165, 1.54) is 0 Å². The van der Waals surface area contributed by atoms with Gasteiger partial charge in [-0.15, -0.1) is 0 Å². The van der Waals surface area contributed by atoms with E-state index >= 15 is 0 Å². The number of hydrogen-bond donors (Lipinski definition) is 0. The lowest BCUT2D eigenvalue weighted by atomic mass is 10.0. The van der Waals surface area contributed by atoms with Crippen molar-refractivity contribution in [1.29, 1.82) is 0 Å². The summed E-state index contributed by atoms with van der Waals surface area (Å²) < 4.78 is 6.15. The third-order valence-electron chi connectivity index (χ3n) is 5.52. The van der Waals surface area contributed by atoms with Crippen molar-refractivity contribution in [3.05, 3.63) is 77.1 Å². The number of likely N-dealkylation sites (tertiary alicyclic amines) is 1. The Morgan fingerprint density at radius 3 is 2.75 bits per heavy atom. The van der Waals surface area contributed by atoms with Crippen molar-refractivity contribution < 1.29 is 14.0 Å². The van der Waals surface area contributed by atoms with Gasteiger partial charge in [-0.25, -0.2) is 0 Å². The molecule has 1 aromatic carbocycles. The van der Waals surface area contributed by atoms with Crippen molar-refractivity contribution in [1.82, 2.24) is 9.88 Å². The first kappa shape index (κ1) is 21.4. The van der Waals surface area contributed by atoms with Crippen molar-refractivity contribution in [2.75, 3.05) is 13.1 Å². The minimum atomic E-state index is -0.314. The molecule has 0 atom stereocenters. The molecule has 0 spiro atoms. The van der Waals surface area contributed by atoms with Crippen LogP contribution in [-0.4, -0.2) is 40.7 Å². The van der Waals surface area contributed by atoms with E-state index in [9.17, 15) is 14.5 Å². The van der Waals surface area contributed by atoms with Crippen LogP contribution in [-0.2, 0) is 4.79 Å². The molecule has 3 aromatic rings. The van der Waals surface area contributed by atoms with Gasteiger partial charge in [0, 0.05) is 48.5 Å². The average molecular weight is 429 g/mol. The smallest absolute Gasteiger partial charge is 0.254 e. The molecule has 162 valence electrons. The lowest BCUT2D eigenvalue weighted by molar-refractivity contribution is -0.114. The van der Waals surface area contributed by atoms with Gasteiger partial charge in [-0.1, -0.05) is 30.3 Å². The van der Waals surface area contributed by atoms with Crippen LogP contribution in [0.2, 0.25) is 0 Å². The first-order valence-electron chi connectivity index (χ1n) is 10.5. The van der Waals surface area contributed by atoms with Gasteiger partial charge in [0.2, 0.25) is 0 Å². The third kappa shape index (κ3) is 4.14. The van der Waals surface area contributed by atoms with E-state index in [1.54, 1.807) is 29.3 Å². The van der Waals surface area contributed by atoms with Crippen LogP contribution in [0.5, 0.6) is 0 Å². The summed E-state index contributed by atoms with van der Waals surface area (Å²) in [5.74, 6) is 0.528.